The fourth-order valence-electron chi connectivity index (χ4n) is 1.72. The summed E-state index contributed by atoms with van der Waals surface area (Å²) in [5, 5.41) is 13.0. The second-order valence-corrected chi connectivity index (χ2v) is 4.46. The molecular formula is C16H13ClN2O. The third-order valence-corrected chi connectivity index (χ3v) is 3.01. The van der Waals surface area contributed by atoms with Crippen molar-refractivity contribution in [3.8, 4) is 11.8 Å². The molecule has 0 heterocycles. The highest BCUT2D eigenvalue weighted by molar-refractivity contribution is 6.30. The van der Waals surface area contributed by atoms with Crippen molar-refractivity contribution in [1.29, 1.82) is 5.26 Å². The van der Waals surface area contributed by atoms with Gasteiger partial charge in [0.2, 0.25) is 0 Å². The fourth-order valence-corrected chi connectivity index (χ4v) is 1.85. The Hall–Kier alpha value is -2.44. The van der Waals surface area contributed by atoms with Gasteiger partial charge in [0.1, 0.15) is 11.8 Å². The van der Waals surface area contributed by atoms with Gasteiger partial charge in [-0.3, -0.25) is 0 Å². The number of anilines is 1. The van der Waals surface area contributed by atoms with Crippen molar-refractivity contribution in [2.24, 2.45) is 0 Å². The molecule has 0 spiro atoms. The second kappa shape index (κ2) is 6.65. The summed E-state index contributed by atoms with van der Waals surface area (Å²) in [6.07, 6.45) is 1.65. The van der Waals surface area contributed by atoms with Crippen LogP contribution in [0.25, 0.3) is 5.57 Å². The second-order valence-electron chi connectivity index (χ2n) is 4.02. The van der Waals surface area contributed by atoms with E-state index in [1.54, 1.807) is 37.6 Å². The first-order valence-electron chi connectivity index (χ1n) is 6.00. The van der Waals surface area contributed by atoms with Crippen LogP contribution in [0.5, 0.6) is 5.75 Å². The van der Waals surface area contributed by atoms with E-state index in [4.69, 9.17) is 16.3 Å². The lowest BCUT2D eigenvalue weighted by Gasteiger charge is -2.08. The Morgan fingerprint density at radius 3 is 2.55 bits per heavy atom. The van der Waals surface area contributed by atoms with Crippen molar-refractivity contribution in [2.45, 2.75) is 0 Å². The third-order valence-electron chi connectivity index (χ3n) is 2.75. The van der Waals surface area contributed by atoms with Crippen LogP contribution in [0.4, 0.5) is 5.69 Å². The van der Waals surface area contributed by atoms with Crippen molar-refractivity contribution in [3.63, 3.8) is 0 Å². The van der Waals surface area contributed by atoms with E-state index in [1.165, 1.54) is 0 Å². The van der Waals surface area contributed by atoms with E-state index < -0.39 is 0 Å². The molecule has 3 nitrogen and oxygen atoms in total. The molecular weight excluding hydrogens is 272 g/mol. The molecule has 4 heteroatoms. The highest BCUT2D eigenvalue weighted by atomic mass is 35.5. The van der Waals surface area contributed by atoms with E-state index in [2.05, 4.69) is 11.4 Å². The monoisotopic (exact) mass is 284 g/mol. The van der Waals surface area contributed by atoms with Gasteiger partial charge in [-0.2, -0.15) is 5.26 Å². The summed E-state index contributed by atoms with van der Waals surface area (Å²) in [4.78, 5) is 0. The van der Waals surface area contributed by atoms with Gasteiger partial charge in [0.05, 0.1) is 18.4 Å². The lowest BCUT2D eigenvalue weighted by molar-refractivity contribution is 0.417. The van der Waals surface area contributed by atoms with E-state index >= 15 is 0 Å². The summed E-state index contributed by atoms with van der Waals surface area (Å²) in [5.74, 6) is 0.720. The van der Waals surface area contributed by atoms with Crippen LogP contribution in [0.3, 0.4) is 0 Å². The number of nitriles is 1. The van der Waals surface area contributed by atoms with Gasteiger partial charge in [0.15, 0.2) is 0 Å². The number of allylic oxidation sites excluding steroid dienone is 1. The van der Waals surface area contributed by atoms with Crippen LogP contribution in [-0.4, -0.2) is 7.11 Å². The first kappa shape index (κ1) is 14.0. The van der Waals surface area contributed by atoms with Crippen molar-refractivity contribution in [1.82, 2.24) is 0 Å². The van der Waals surface area contributed by atoms with Gasteiger partial charge in [0, 0.05) is 11.2 Å². The highest BCUT2D eigenvalue weighted by Gasteiger charge is 2.02. The van der Waals surface area contributed by atoms with Crippen LogP contribution in [0, 0.1) is 11.3 Å². The molecule has 1 N–H and O–H groups in total. The molecule has 0 bridgehead atoms. The maximum absolute atomic E-state index is 9.23. The first-order chi connectivity index (χ1) is 9.74. The van der Waals surface area contributed by atoms with Gasteiger partial charge in [-0.05, 0) is 29.8 Å². The van der Waals surface area contributed by atoms with Gasteiger partial charge in [0.25, 0.3) is 0 Å². The summed E-state index contributed by atoms with van der Waals surface area (Å²) >= 11 is 5.84. The molecule has 0 aliphatic carbocycles. The molecule has 100 valence electrons. The van der Waals surface area contributed by atoms with E-state index in [1.807, 2.05) is 24.3 Å². The Balaban J connectivity index is 2.24. The predicted molar refractivity (Wildman–Crippen MR) is 81.7 cm³/mol. The minimum Gasteiger partial charge on any atom is -0.495 e. The number of para-hydroxylation sites is 2. The summed E-state index contributed by atoms with van der Waals surface area (Å²) in [5.41, 5.74) is 2.13. The Labute approximate surface area is 123 Å². The minimum atomic E-state index is 0.521. The number of halogens is 1. The van der Waals surface area contributed by atoms with Crippen LogP contribution in [-0.2, 0) is 0 Å². The van der Waals surface area contributed by atoms with E-state index in [9.17, 15) is 5.26 Å². The molecule has 0 radical (unpaired) electrons. The van der Waals surface area contributed by atoms with Gasteiger partial charge in [-0.15, -0.1) is 0 Å². The fraction of sp³-hybridized carbons (Fsp3) is 0.0625. The standard InChI is InChI=1S/C16H13ClN2O/c1-20-16-5-3-2-4-15(16)19-11-13(10-18)12-6-8-14(17)9-7-12/h2-9,11,19H,1H3. The molecule has 0 amide bonds. The van der Waals surface area contributed by atoms with Gasteiger partial charge in [-0.1, -0.05) is 35.9 Å². The Bertz CT molecular complexity index is 657. The van der Waals surface area contributed by atoms with Gasteiger partial charge >= 0.3 is 0 Å². The average molecular weight is 285 g/mol. The molecule has 0 aliphatic rings. The minimum absolute atomic E-state index is 0.521. The molecule has 0 saturated carbocycles. The smallest absolute Gasteiger partial charge is 0.142 e. The number of ether oxygens (including phenoxy) is 1. The zero-order valence-electron chi connectivity index (χ0n) is 10.9. The van der Waals surface area contributed by atoms with Crippen molar-refractivity contribution >= 4 is 22.9 Å². The predicted octanol–water partition coefficient (Wildman–Crippen LogP) is 4.33. The van der Waals surface area contributed by atoms with Gasteiger partial charge < -0.3 is 10.1 Å². The SMILES string of the molecule is COc1ccccc1NC=C(C#N)c1ccc(Cl)cc1. The first-order valence-corrected chi connectivity index (χ1v) is 6.38. The number of rotatable bonds is 4. The number of hydrogen-bond acceptors (Lipinski definition) is 3. The Morgan fingerprint density at radius 1 is 1.20 bits per heavy atom. The van der Waals surface area contributed by atoms with Crippen LogP contribution < -0.4 is 10.1 Å². The largest absolute Gasteiger partial charge is 0.495 e. The molecule has 0 aromatic heterocycles. The zero-order valence-corrected chi connectivity index (χ0v) is 11.7. The molecule has 2 aromatic rings. The van der Waals surface area contributed by atoms with Crippen LogP contribution in [0.1, 0.15) is 5.56 Å². The molecule has 2 rings (SSSR count). The summed E-state index contributed by atoms with van der Waals surface area (Å²) < 4.78 is 5.24. The van der Waals surface area contributed by atoms with E-state index in [-0.39, 0.29) is 0 Å². The molecule has 0 saturated heterocycles. The Kier molecular flexibility index (Phi) is 4.65. The van der Waals surface area contributed by atoms with Crippen molar-refractivity contribution in [3.05, 3.63) is 65.3 Å². The lowest BCUT2D eigenvalue weighted by Crippen LogP contribution is -1.94. The normalized spacial score (nSPS) is 10.8. The Morgan fingerprint density at radius 2 is 1.90 bits per heavy atom. The molecule has 0 aliphatic heterocycles. The van der Waals surface area contributed by atoms with Crippen LogP contribution >= 0.6 is 11.6 Å². The van der Waals surface area contributed by atoms with Crippen molar-refractivity contribution in [2.75, 3.05) is 12.4 Å². The van der Waals surface area contributed by atoms with Crippen LogP contribution in [0.2, 0.25) is 5.02 Å². The average Bonchev–Trinajstić information content (AvgIpc) is 2.50. The lowest BCUT2D eigenvalue weighted by atomic mass is 10.1. The molecule has 20 heavy (non-hydrogen) atoms. The van der Waals surface area contributed by atoms with Crippen molar-refractivity contribution < 1.29 is 4.74 Å². The van der Waals surface area contributed by atoms with Gasteiger partial charge in [-0.25, -0.2) is 0 Å². The number of nitrogens with one attached hydrogen (secondary N) is 1. The highest BCUT2D eigenvalue weighted by Crippen LogP contribution is 2.24. The zero-order chi connectivity index (χ0) is 14.4. The molecule has 0 unspecified atom stereocenters. The quantitative estimate of drug-likeness (QED) is 0.850. The molecule has 2 aromatic carbocycles. The maximum atomic E-state index is 9.23. The van der Waals surface area contributed by atoms with E-state index in [0.29, 0.717) is 10.6 Å². The number of hydrogen-bond donors (Lipinski definition) is 1. The third kappa shape index (κ3) is 3.31. The number of methoxy groups -OCH3 is 1. The molecule has 0 fully saturated rings. The maximum Gasteiger partial charge on any atom is 0.142 e. The summed E-state index contributed by atoms with van der Waals surface area (Å²) in [6, 6.07) is 16.8. The van der Waals surface area contributed by atoms with E-state index in [0.717, 1.165) is 17.0 Å². The summed E-state index contributed by atoms with van der Waals surface area (Å²) in [7, 11) is 1.61. The number of nitrogens with zero attached hydrogens (tertiary/aromatic N) is 1. The topological polar surface area (TPSA) is 45.0 Å². The molecule has 0 atom stereocenters. The van der Waals surface area contributed by atoms with Crippen LogP contribution in [0.15, 0.2) is 54.7 Å². The summed E-state index contributed by atoms with van der Waals surface area (Å²) in [6.45, 7) is 0. The number of benzene rings is 2.